The maximum atomic E-state index is 11.9. The minimum Gasteiger partial charge on any atom is -0.465 e. The van der Waals surface area contributed by atoms with E-state index < -0.39 is 12.1 Å². The largest absolute Gasteiger partial charge is 0.465 e. The van der Waals surface area contributed by atoms with Crippen molar-refractivity contribution in [2.24, 2.45) is 5.41 Å². The molecule has 15 heavy (non-hydrogen) atoms. The Balaban J connectivity index is 2.63. The Morgan fingerprint density at radius 3 is 2.47 bits per heavy atom. The van der Waals surface area contributed by atoms with Gasteiger partial charge in [0.2, 0.25) is 0 Å². The van der Waals surface area contributed by atoms with Crippen molar-refractivity contribution in [1.82, 2.24) is 4.90 Å². The molecule has 4 heteroatoms. The van der Waals surface area contributed by atoms with Gasteiger partial charge in [-0.15, -0.1) is 0 Å². The Hall–Kier alpha value is -1.06. The van der Waals surface area contributed by atoms with Crippen molar-refractivity contribution < 1.29 is 14.7 Å². The molecule has 1 fully saturated rings. The van der Waals surface area contributed by atoms with Gasteiger partial charge >= 0.3 is 6.09 Å². The molecule has 1 atom stereocenters. The second-order valence-electron chi connectivity index (χ2n) is 5.34. The molecule has 1 rings (SSSR count). The quantitative estimate of drug-likeness (QED) is 0.764. The van der Waals surface area contributed by atoms with E-state index >= 15 is 0 Å². The molecule has 1 amide bonds. The van der Waals surface area contributed by atoms with Gasteiger partial charge in [0.25, 0.3) is 0 Å². The minimum atomic E-state index is -0.972. The summed E-state index contributed by atoms with van der Waals surface area (Å²) in [6.45, 7) is 6.47. The number of ketones is 1. The maximum Gasteiger partial charge on any atom is 0.407 e. The first-order valence-corrected chi connectivity index (χ1v) is 5.33. The average molecular weight is 213 g/mol. The highest BCUT2D eigenvalue weighted by Crippen LogP contribution is 2.25. The number of rotatable bonds is 2. The average Bonchev–Trinajstić information content (AvgIpc) is 2.47. The lowest BCUT2D eigenvalue weighted by Crippen LogP contribution is -2.40. The molecule has 86 valence electrons. The molecule has 1 saturated heterocycles. The number of nitrogens with zero attached hydrogens (tertiary/aromatic N) is 1. The van der Waals surface area contributed by atoms with Crippen LogP contribution in [0.5, 0.6) is 0 Å². The molecule has 0 aromatic heterocycles. The Labute approximate surface area is 90.3 Å². The highest BCUT2D eigenvalue weighted by molar-refractivity contribution is 5.88. The van der Waals surface area contributed by atoms with Gasteiger partial charge in [0.05, 0.1) is 6.04 Å². The molecule has 0 saturated carbocycles. The third-order valence-corrected chi connectivity index (χ3v) is 2.57. The van der Waals surface area contributed by atoms with Gasteiger partial charge in [-0.25, -0.2) is 4.79 Å². The first-order chi connectivity index (χ1) is 6.81. The fourth-order valence-electron chi connectivity index (χ4n) is 1.97. The van der Waals surface area contributed by atoms with Crippen LogP contribution in [0.1, 0.15) is 40.0 Å². The molecule has 0 unspecified atom stereocenters. The van der Waals surface area contributed by atoms with Gasteiger partial charge in [-0.05, 0) is 18.3 Å². The zero-order chi connectivity index (χ0) is 11.6. The van der Waals surface area contributed by atoms with Crippen LogP contribution in [0.4, 0.5) is 4.79 Å². The van der Waals surface area contributed by atoms with Gasteiger partial charge in [0, 0.05) is 13.0 Å². The number of carbonyl (C=O) groups is 2. The minimum absolute atomic E-state index is 0.0578. The van der Waals surface area contributed by atoms with Gasteiger partial charge in [-0.1, -0.05) is 20.8 Å². The van der Waals surface area contributed by atoms with Crippen molar-refractivity contribution in [3.63, 3.8) is 0 Å². The summed E-state index contributed by atoms with van der Waals surface area (Å²) in [6, 6.07) is -0.401. The summed E-state index contributed by atoms with van der Waals surface area (Å²) in [5, 5.41) is 8.90. The SMILES string of the molecule is CC(C)(C)CC(=O)[C@H]1CCCN1C(=O)O. The Kier molecular flexibility index (Phi) is 3.37. The van der Waals surface area contributed by atoms with Gasteiger partial charge in [-0.2, -0.15) is 0 Å². The normalized spacial score (nSPS) is 21.8. The smallest absolute Gasteiger partial charge is 0.407 e. The molecule has 0 aromatic carbocycles. The van der Waals surface area contributed by atoms with Crippen LogP contribution in [-0.2, 0) is 4.79 Å². The molecule has 1 aliphatic heterocycles. The van der Waals surface area contributed by atoms with Gasteiger partial charge in [0.15, 0.2) is 5.78 Å². The highest BCUT2D eigenvalue weighted by atomic mass is 16.4. The summed E-state index contributed by atoms with van der Waals surface area (Å²) in [5.41, 5.74) is -0.0656. The van der Waals surface area contributed by atoms with Crippen LogP contribution in [-0.4, -0.2) is 34.5 Å². The van der Waals surface area contributed by atoms with Crippen LogP contribution < -0.4 is 0 Å². The van der Waals surface area contributed by atoms with Crippen LogP contribution in [0, 0.1) is 5.41 Å². The standard InChI is InChI=1S/C11H19NO3/c1-11(2,3)7-9(13)8-5-4-6-12(8)10(14)15/h8H,4-7H2,1-3H3,(H,14,15)/t8-/m1/s1. The Morgan fingerprint density at radius 2 is 2.00 bits per heavy atom. The van der Waals surface area contributed by atoms with Gasteiger partial charge in [0.1, 0.15) is 0 Å². The van der Waals surface area contributed by atoms with E-state index in [0.29, 0.717) is 19.4 Å². The number of carboxylic acid groups (broad SMARTS) is 1. The fourth-order valence-corrected chi connectivity index (χ4v) is 1.97. The fraction of sp³-hybridized carbons (Fsp3) is 0.818. The summed E-state index contributed by atoms with van der Waals surface area (Å²) in [7, 11) is 0. The monoisotopic (exact) mass is 213 g/mol. The summed E-state index contributed by atoms with van der Waals surface area (Å²) in [5.74, 6) is 0.0578. The molecule has 1 aliphatic rings. The predicted molar refractivity (Wildman–Crippen MR) is 56.8 cm³/mol. The van der Waals surface area contributed by atoms with E-state index in [-0.39, 0.29) is 11.2 Å². The van der Waals surface area contributed by atoms with Crippen molar-refractivity contribution in [2.75, 3.05) is 6.54 Å². The van der Waals surface area contributed by atoms with Crippen LogP contribution in [0.3, 0.4) is 0 Å². The number of amides is 1. The molecule has 0 spiro atoms. The number of hydrogen-bond donors (Lipinski definition) is 1. The van der Waals surface area contributed by atoms with Crippen LogP contribution in [0.25, 0.3) is 0 Å². The highest BCUT2D eigenvalue weighted by Gasteiger charge is 2.35. The van der Waals surface area contributed by atoms with E-state index in [1.165, 1.54) is 4.90 Å². The lowest BCUT2D eigenvalue weighted by Gasteiger charge is -2.24. The second-order valence-corrected chi connectivity index (χ2v) is 5.34. The number of Topliss-reactive ketones (excluding diaryl/α,β-unsaturated/α-hetero) is 1. The summed E-state index contributed by atoms with van der Waals surface area (Å²) in [4.78, 5) is 24.0. The van der Waals surface area contributed by atoms with E-state index in [0.717, 1.165) is 6.42 Å². The van der Waals surface area contributed by atoms with Crippen molar-refractivity contribution in [3.05, 3.63) is 0 Å². The lowest BCUT2D eigenvalue weighted by atomic mass is 9.87. The molecule has 0 aromatic rings. The Bertz CT molecular complexity index is 267. The van der Waals surface area contributed by atoms with Crippen LogP contribution in [0.15, 0.2) is 0 Å². The van der Waals surface area contributed by atoms with Crippen LogP contribution >= 0.6 is 0 Å². The summed E-state index contributed by atoms with van der Waals surface area (Å²) >= 11 is 0. The molecule has 0 bridgehead atoms. The predicted octanol–water partition coefficient (Wildman–Crippen LogP) is 2.13. The molecular formula is C11H19NO3. The van der Waals surface area contributed by atoms with Crippen LogP contribution in [0.2, 0.25) is 0 Å². The third kappa shape index (κ3) is 3.22. The maximum absolute atomic E-state index is 11.9. The van der Waals surface area contributed by atoms with Crippen molar-refractivity contribution in [3.8, 4) is 0 Å². The molecule has 0 radical (unpaired) electrons. The molecule has 1 N–H and O–H groups in total. The van der Waals surface area contributed by atoms with Gasteiger partial charge in [-0.3, -0.25) is 9.69 Å². The summed E-state index contributed by atoms with van der Waals surface area (Å²) in [6.07, 6.45) is 0.954. The van der Waals surface area contributed by atoms with Crippen molar-refractivity contribution in [1.29, 1.82) is 0 Å². The number of hydrogen-bond acceptors (Lipinski definition) is 2. The van der Waals surface area contributed by atoms with E-state index in [1.54, 1.807) is 0 Å². The molecule has 4 nitrogen and oxygen atoms in total. The molecular weight excluding hydrogens is 194 g/mol. The van der Waals surface area contributed by atoms with Crippen molar-refractivity contribution >= 4 is 11.9 Å². The van der Waals surface area contributed by atoms with E-state index in [4.69, 9.17) is 5.11 Å². The van der Waals surface area contributed by atoms with E-state index in [1.807, 2.05) is 20.8 Å². The zero-order valence-electron chi connectivity index (χ0n) is 9.62. The third-order valence-electron chi connectivity index (χ3n) is 2.57. The summed E-state index contributed by atoms with van der Waals surface area (Å²) < 4.78 is 0. The van der Waals surface area contributed by atoms with E-state index in [2.05, 4.69) is 0 Å². The number of carbonyl (C=O) groups excluding carboxylic acids is 1. The zero-order valence-corrected chi connectivity index (χ0v) is 9.62. The second kappa shape index (κ2) is 4.21. The molecule has 0 aliphatic carbocycles. The molecule has 1 heterocycles. The first kappa shape index (κ1) is 12.0. The lowest BCUT2D eigenvalue weighted by molar-refractivity contribution is -0.124. The van der Waals surface area contributed by atoms with E-state index in [9.17, 15) is 9.59 Å². The van der Waals surface area contributed by atoms with Crippen molar-refractivity contribution in [2.45, 2.75) is 46.1 Å². The number of likely N-dealkylation sites (tertiary alicyclic amines) is 1. The van der Waals surface area contributed by atoms with Gasteiger partial charge < -0.3 is 5.11 Å². The first-order valence-electron chi connectivity index (χ1n) is 5.33. The topological polar surface area (TPSA) is 57.6 Å². The Morgan fingerprint density at radius 1 is 1.40 bits per heavy atom.